The van der Waals surface area contributed by atoms with Gasteiger partial charge in [-0.15, -0.1) is 0 Å². The average Bonchev–Trinajstić information content (AvgIpc) is 2.01. The van der Waals surface area contributed by atoms with Gasteiger partial charge in [0.1, 0.15) is 11.6 Å². The topological polar surface area (TPSA) is 43.1 Å². The summed E-state index contributed by atoms with van der Waals surface area (Å²) in [5, 5.41) is 0. The molecule has 0 fully saturated rings. The van der Waals surface area contributed by atoms with Crippen LogP contribution in [0, 0.1) is 5.82 Å². The van der Waals surface area contributed by atoms with Gasteiger partial charge in [-0.3, -0.25) is 4.79 Å². The summed E-state index contributed by atoms with van der Waals surface area (Å²) in [6.45, 7) is 1.78. The first-order valence-corrected chi connectivity index (χ1v) is 4.59. The Hall–Kier alpha value is -1.22. The number of carbonyl (C=O) groups is 1. The molecule has 2 N–H and O–H groups in total. The first-order chi connectivity index (χ1) is 6.58. The minimum absolute atomic E-state index is 0.0469. The molecule has 76 valence electrons. The van der Waals surface area contributed by atoms with Crippen molar-refractivity contribution in [1.29, 1.82) is 0 Å². The number of ketones is 1. The van der Waals surface area contributed by atoms with E-state index in [4.69, 9.17) is 5.73 Å². The molecule has 0 aliphatic heterocycles. The molecule has 14 heavy (non-hydrogen) atoms. The predicted molar refractivity (Wildman–Crippen MR) is 53.4 cm³/mol. The molecule has 0 bridgehead atoms. The van der Waals surface area contributed by atoms with Gasteiger partial charge in [0.2, 0.25) is 0 Å². The molecule has 0 aliphatic carbocycles. The third-order valence-corrected chi connectivity index (χ3v) is 1.84. The van der Waals surface area contributed by atoms with Crippen molar-refractivity contribution in [2.75, 3.05) is 0 Å². The largest absolute Gasteiger partial charge is 0.328 e. The third-order valence-electron chi connectivity index (χ3n) is 1.84. The number of Topliss-reactive ketones (excluding diaryl/α,β-unsaturated/α-hetero) is 1. The fourth-order valence-electron chi connectivity index (χ4n) is 1.31. The lowest BCUT2D eigenvalue weighted by Gasteiger charge is -2.04. The standard InChI is InChI=1S/C11H14FNO/c1-8(13)5-11(14)7-9-3-2-4-10(12)6-9/h2-4,6,8H,5,7,13H2,1H3. The van der Waals surface area contributed by atoms with E-state index in [1.165, 1.54) is 12.1 Å². The normalized spacial score (nSPS) is 12.5. The Morgan fingerprint density at radius 3 is 2.86 bits per heavy atom. The van der Waals surface area contributed by atoms with Crippen LogP contribution in [0.15, 0.2) is 24.3 Å². The Balaban J connectivity index is 2.56. The number of hydrogen-bond donors (Lipinski definition) is 1. The van der Waals surface area contributed by atoms with E-state index >= 15 is 0 Å². The summed E-state index contributed by atoms with van der Waals surface area (Å²) in [7, 11) is 0. The van der Waals surface area contributed by atoms with Crippen LogP contribution in [0.3, 0.4) is 0 Å². The zero-order chi connectivity index (χ0) is 10.6. The highest BCUT2D eigenvalue weighted by Crippen LogP contribution is 2.06. The van der Waals surface area contributed by atoms with Crippen LogP contribution in [0.5, 0.6) is 0 Å². The fraction of sp³-hybridized carbons (Fsp3) is 0.364. The molecule has 0 saturated carbocycles. The molecule has 1 unspecified atom stereocenters. The van der Waals surface area contributed by atoms with E-state index < -0.39 is 0 Å². The van der Waals surface area contributed by atoms with Gasteiger partial charge in [0, 0.05) is 18.9 Å². The van der Waals surface area contributed by atoms with Gasteiger partial charge in [-0.2, -0.15) is 0 Å². The molecule has 1 aromatic carbocycles. The number of rotatable bonds is 4. The van der Waals surface area contributed by atoms with Gasteiger partial charge in [-0.25, -0.2) is 4.39 Å². The summed E-state index contributed by atoms with van der Waals surface area (Å²) in [6, 6.07) is 5.95. The minimum Gasteiger partial charge on any atom is -0.328 e. The Morgan fingerprint density at radius 1 is 1.57 bits per heavy atom. The summed E-state index contributed by atoms with van der Waals surface area (Å²) < 4.78 is 12.7. The Bertz CT molecular complexity index is 323. The highest BCUT2D eigenvalue weighted by Gasteiger charge is 2.06. The molecule has 3 heteroatoms. The summed E-state index contributed by atoms with van der Waals surface area (Å²) in [6.07, 6.45) is 0.607. The smallest absolute Gasteiger partial charge is 0.138 e. The highest BCUT2D eigenvalue weighted by molar-refractivity contribution is 5.81. The second kappa shape index (κ2) is 4.86. The lowest BCUT2D eigenvalue weighted by Crippen LogP contribution is -2.20. The van der Waals surface area contributed by atoms with Gasteiger partial charge < -0.3 is 5.73 Å². The Labute approximate surface area is 82.9 Å². The molecule has 0 saturated heterocycles. The quantitative estimate of drug-likeness (QED) is 0.794. The molecule has 0 radical (unpaired) electrons. The second-order valence-electron chi connectivity index (χ2n) is 3.53. The third kappa shape index (κ3) is 3.66. The first-order valence-electron chi connectivity index (χ1n) is 4.59. The molecule has 0 heterocycles. The van der Waals surface area contributed by atoms with E-state index in [0.29, 0.717) is 12.0 Å². The molecule has 0 aromatic heterocycles. The fourth-order valence-corrected chi connectivity index (χ4v) is 1.31. The van der Waals surface area contributed by atoms with Gasteiger partial charge in [0.05, 0.1) is 0 Å². The predicted octanol–water partition coefficient (Wildman–Crippen LogP) is 1.67. The SMILES string of the molecule is CC(N)CC(=O)Cc1cccc(F)c1. The summed E-state index contributed by atoms with van der Waals surface area (Å²) >= 11 is 0. The summed E-state index contributed by atoms with van der Waals surface area (Å²) in [5.74, 6) is -0.262. The van der Waals surface area contributed by atoms with Crippen LogP contribution in [0.4, 0.5) is 4.39 Å². The number of benzene rings is 1. The van der Waals surface area contributed by atoms with E-state index in [-0.39, 0.29) is 24.1 Å². The number of carbonyl (C=O) groups excluding carboxylic acids is 1. The Kier molecular flexibility index (Phi) is 3.77. The molecule has 0 aliphatic rings. The monoisotopic (exact) mass is 195 g/mol. The molecular formula is C11H14FNO. The van der Waals surface area contributed by atoms with Crippen molar-refractivity contribution >= 4 is 5.78 Å². The van der Waals surface area contributed by atoms with Crippen molar-refractivity contribution in [2.45, 2.75) is 25.8 Å². The van der Waals surface area contributed by atoms with Crippen molar-refractivity contribution in [3.63, 3.8) is 0 Å². The van der Waals surface area contributed by atoms with Crippen molar-refractivity contribution < 1.29 is 9.18 Å². The van der Waals surface area contributed by atoms with Crippen molar-refractivity contribution in [1.82, 2.24) is 0 Å². The Morgan fingerprint density at radius 2 is 2.29 bits per heavy atom. The molecule has 0 spiro atoms. The van der Waals surface area contributed by atoms with Crippen LogP contribution >= 0.6 is 0 Å². The van der Waals surface area contributed by atoms with E-state index in [9.17, 15) is 9.18 Å². The van der Waals surface area contributed by atoms with E-state index in [1.54, 1.807) is 19.1 Å². The van der Waals surface area contributed by atoms with E-state index in [1.807, 2.05) is 0 Å². The van der Waals surface area contributed by atoms with Crippen LogP contribution in [0.2, 0.25) is 0 Å². The maximum absolute atomic E-state index is 12.7. The van der Waals surface area contributed by atoms with Crippen molar-refractivity contribution in [3.8, 4) is 0 Å². The van der Waals surface area contributed by atoms with Crippen molar-refractivity contribution in [3.05, 3.63) is 35.6 Å². The van der Waals surface area contributed by atoms with Crippen LogP contribution in [0.1, 0.15) is 18.9 Å². The lowest BCUT2D eigenvalue weighted by atomic mass is 10.0. The van der Waals surface area contributed by atoms with Crippen LogP contribution in [-0.2, 0) is 11.2 Å². The number of halogens is 1. The molecule has 1 atom stereocenters. The van der Waals surface area contributed by atoms with E-state index in [2.05, 4.69) is 0 Å². The van der Waals surface area contributed by atoms with E-state index in [0.717, 1.165) is 0 Å². The maximum Gasteiger partial charge on any atom is 0.138 e. The molecule has 1 rings (SSSR count). The first kappa shape index (κ1) is 10.9. The van der Waals surface area contributed by atoms with Gasteiger partial charge >= 0.3 is 0 Å². The van der Waals surface area contributed by atoms with Gasteiger partial charge in [0.15, 0.2) is 0 Å². The van der Waals surface area contributed by atoms with Gasteiger partial charge in [0.25, 0.3) is 0 Å². The zero-order valence-electron chi connectivity index (χ0n) is 8.16. The molecule has 1 aromatic rings. The maximum atomic E-state index is 12.7. The molecular weight excluding hydrogens is 181 g/mol. The minimum atomic E-state index is -0.309. The molecule has 2 nitrogen and oxygen atoms in total. The second-order valence-corrected chi connectivity index (χ2v) is 3.53. The number of nitrogens with two attached hydrogens (primary N) is 1. The van der Waals surface area contributed by atoms with Crippen LogP contribution < -0.4 is 5.73 Å². The van der Waals surface area contributed by atoms with Crippen LogP contribution in [-0.4, -0.2) is 11.8 Å². The summed E-state index contributed by atoms with van der Waals surface area (Å²) in [5.41, 5.74) is 6.19. The van der Waals surface area contributed by atoms with Crippen molar-refractivity contribution in [2.24, 2.45) is 5.73 Å². The van der Waals surface area contributed by atoms with Gasteiger partial charge in [-0.05, 0) is 24.6 Å². The van der Waals surface area contributed by atoms with Crippen LogP contribution in [0.25, 0.3) is 0 Å². The molecule has 0 amide bonds. The highest BCUT2D eigenvalue weighted by atomic mass is 19.1. The van der Waals surface area contributed by atoms with Gasteiger partial charge in [-0.1, -0.05) is 12.1 Å². The number of hydrogen-bond acceptors (Lipinski definition) is 2. The zero-order valence-corrected chi connectivity index (χ0v) is 8.16. The summed E-state index contributed by atoms with van der Waals surface area (Å²) in [4.78, 5) is 11.3. The lowest BCUT2D eigenvalue weighted by molar-refractivity contribution is -0.118. The average molecular weight is 195 g/mol.